The van der Waals surface area contributed by atoms with Gasteiger partial charge in [0, 0.05) is 19.8 Å². The lowest BCUT2D eigenvalue weighted by Gasteiger charge is -2.10. The topological polar surface area (TPSA) is 71.1 Å². The molecule has 8 heteroatoms. The molecule has 0 aliphatic heterocycles. The molecule has 2 rings (SSSR count). The normalized spacial score (nSPS) is 10.7. The monoisotopic (exact) mass is 502 g/mol. The lowest BCUT2D eigenvalue weighted by atomic mass is 9.99. The van der Waals surface area contributed by atoms with Crippen LogP contribution in [-0.4, -0.2) is 52.6 Å². The summed E-state index contributed by atoms with van der Waals surface area (Å²) in [6.45, 7) is 7.65. The van der Waals surface area contributed by atoms with Crippen molar-refractivity contribution >= 4 is 11.9 Å². The van der Waals surface area contributed by atoms with Crippen molar-refractivity contribution in [1.82, 2.24) is 0 Å². The highest BCUT2D eigenvalue weighted by Crippen LogP contribution is 2.26. The Balaban J connectivity index is 1.87. The summed E-state index contributed by atoms with van der Waals surface area (Å²) in [6.07, 6.45) is 1.82. The van der Waals surface area contributed by atoms with Gasteiger partial charge < -0.3 is 18.9 Å². The number of ether oxygens (including phenoxy) is 4. The highest BCUT2D eigenvalue weighted by molar-refractivity contribution is 5.88. The summed E-state index contributed by atoms with van der Waals surface area (Å²) in [6, 6.07) is 9.34. The van der Waals surface area contributed by atoms with Gasteiger partial charge in [0.1, 0.15) is 11.6 Å². The van der Waals surface area contributed by atoms with Crippen LogP contribution in [0.3, 0.4) is 0 Å². The van der Waals surface area contributed by atoms with Crippen molar-refractivity contribution in [2.24, 2.45) is 0 Å². The maximum absolute atomic E-state index is 14.7. The van der Waals surface area contributed by atoms with Crippen LogP contribution >= 0.6 is 0 Å². The number of carbonyl (C=O) groups is 2. The zero-order valence-corrected chi connectivity index (χ0v) is 20.7. The van der Waals surface area contributed by atoms with Crippen LogP contribution in [0.2, 0.25) is 0 Å². The third kappa shape index (κ3) is 9.02. The molecule has 0 heterocycles. The predicted molar refractivity (Wildman–Crippen MR) is 132 cm³/mol. The van der Waals surface area contributed by atoms with Crippen molar-refractivity contribution in [3.63, 3.8) is 0 Å². The Kier molecular flexibility index (Phi) is 12.0. The van der Waals surface area contributed by atoms with E-state index >= 15 is 0 Å². The summed E-state index contributed by atoms with van der Waals surface area (Å²) in [5, 5.41) is 0. The Morgan fingerprint density at radius 3 is 1.89 bits per heavy atom. The van der Waals surface area contributed by atoms with E-state index in [-0.39, 0.29) is 43.1 Å². The van der Waals surface area contributed by atoms with Gasteiger partial charge in [0.05, 0.1) is 37.6 Å². The van der Waals surface area contributed by atoms with Gasteiger partial charge in [-0.25, -0.2) is 18.4 Å². The first-order valence-electron chi connectivity index (χ1n) is 11.5. The lowest BCUT2D eigenvalue weighted by Crippen LogP contribution is -2.12. The second-order valence-electron chi connectivity index (χ2n) is 8.17. The predicted octanol–water partition coefficient (Wildman–Crippen LogP) is 4.99. The van der Waals surface area contributed by atoms with Gasteiger partial charge in [-0.05, 0) is 54.5 Å². The van der Waals surface area contributed by atoms with Gasteiger partial charge in [0.15, 0.2) is 0 Å². The van der Waals surface area contributed by atoms with E-state index in [0.717, 1.165) is 5.56 Å². The molecular formula is C28H32F2O6. The van der Waals surface area contributed by atoms with Crippen LogP contribution < -0.4 is 0 Å². The number of rotatable bonds is 15. The number of halogens is 2. The maximum Gasteiger partial charge on any atom is 0.335 e. The average molecular weight is 503 g/mol. The summed E-state index contributed by atoms with van der Waals surface area (Å²) in [7, 11) is 2.92. The second-order valence-corrected chi connectivity index (χ2v) is 8.17. The molecule has 0 fully saturated rings. The number of carbonyl (C=O) groups excluding carboxylic acids is 2. The molecule has 0 atom stereocenters. The second kappa shape index (κ2) is 14.9. The molecule has 0 saturated carbocycles. The average Bonchev–Trinajstić information content (AvgIpc) is 2.85. The minimum atomic E-state index is -0.541. The smallest absolute Gasteiger partial charge is 0.335 e. The largest absolute Gasteiger partial charge is 0.462 e. The van der Waals surface area contributed by atoms with Crippen molar-refractivity contribution in [2.75, 3.05) is 40.6 Å². The first-order chi connectivity index (χ1) is 17.3. The third-order valence-electron chi connectivity index (χ3n) is 5.28. The number of aryl methyl sites for hydroxylation is 2. The standard InChI is InChI=1S/C28H32F2O6/c1-19(17-33-3)27(31)35-13-5-7-21-9-12-24(26(30)15-21)23-11-10-22(25(29)16-23)8-6-14-36-28(32)20(2)18-34-4/h9-12,15-16H,1-2,5-8,13-14,17-18H2,3-4H3. The highest BCUT2D eigenvalue weighted by atomic mass is 19.1. The van der Waals surface area contributed by atoms with Gasteiger partial charge in [0.25, 0.3) is 0 Å². The Bertz CT molecular complexity index is 1080. The Hall–Kier alpha value is -3.36. The van der Waals surface area contributed by atoms with E-state index in [2.05, 4.69) is 13.2 Å². The van der Waals surface area contributed by atoms with Gasteiger partial charge in [-0.1, -0.05) is 37.4 Å². The molecule has 0 saturated heterocycles. The summed E-state index contributed by atoms with van der Waals surface area (Å²) in [5.74, 6) is -1.98. The molecule has 0 amide bonds. The Labute approximate surface area is 210 Å². The molecule has 0 N–H and O–H groups in total. The fraction of sp³-hybridized carbons (Fsp3) is 0.357. The molecule has 194 valence electrons. The van der Waals surface area contributed by atoms with Crippen LogP contribution in [0.5, 0.6) is 0 Å². The maximum atomic E-state index is 14.7. The van der Waals surface area contributed by atoms with Crippen molar-refractivity contribution in [3.05, 3.63) is 83.5 Å². The number of benzene rings is 2. The number of hydrogen-bond acceptors (Lipinski definition) is 6. The zero-order valence-electron chi connectivity index (χ0n) is 20.7. The summed E-state index contributed by atoms with van der Waals surface area (Å²) in [5.41, 5.74) is 2.35. The van der Waals surface area contributed by atoms with Gasteiger partial charge >= 0.3 is 11.9 Å². The minimum Gasteiger partial charge on any atom is -0.462 e. The summed E-state index contributed by atoms with van der Waals surface area (Å²) >= 11 is 0. The minimum absolute atomic E-state index is 0.0910. The SMILES string of the molecule is C=C(COC)C(=O)OCCCc1ccc(-c2ccc(CCCOC(=O)C(=C)COC)c(F)c2)c(F)c1. The van der Waals surface area contributed by atoms with E-state index in [9.17, 15) is 18.4 Å². The molecule has 2 aromatic rings. The zero-order chi connectivity index (χ0) is 26.5. The molecule has 0 unspecified atom stereocenters. The van der Waals surface area contributed by atoms with Crippen LogP contribution in [0.4, 0.5) is 8.78 Å². The molecule has 0 aromatic heterocycles. The highest BCUT2D eigenvalue weighted by Gasteiger charge is 2.12. The first kappa shape index (κ1) is 28.9. The lowest BCUT2D eigenvalue weighted by molar-refractivity contribution is -0.140. The van der Waals surface area contributed by atoms with Crippen LogP contribution in [-0.2, 0) is 41.4 Å². The van der Waals surface area contributed by atoms with Crippen LogP contribution in [0, 0.1) is 11.6 Å². The van der Waals surface area contributed by atoms with Crippen LogP contribution in [0.1, 0.15) is 24.0 Å². The number of esters is 2. The molecule has 0 bridgehead atoms. The van der Waals surface area contributed by atoms with Gasteiger partial charge in [-0.3, -0.25) is 0 Å². The molecule has 0 aliphatic rings. The van der Waals surface area contributed by atoms with Crippen LogP contribution in [0.25, 0.3) is 11.1 Å². The third-order valence-corrected chi connectivity index (χ3v) is 5.28. The van der Waals surface area contributed by atoms with E-state index < -0.39 is 23.6 Å². The van der Waals surface area contributed by atoms with Gasteiger partial charge in [-0.2, -0.15) is 0 Å². The fourth-order valence-corrected chi connectivity index (χ4v) is 3.40. The summed E-state index contributed by atoms with van der Waals surface area (Å²) in [4.78, 5) is 23.4. The Morgan fingerprint density at radius 2 is 1.36 bits per heavy atom. The van der Waals surface area contributed by atoms with E-state index in [0.29, 0.717) is 36.8 Å². The van der Waals surface area contributed by atoms with Crippen molar-refractivity contribution in [2.45, 2.75) is 25.7 Å². The fourth-order valence-electron chi connectivity index (χ4n) is 3.40. The molecule has 0 aliphatic carbocycles. The number of methoxy groups -OCH3 is 2. The molecule has 2 aromatic carbocycles. The quantitative estimate of drug-likeness (QED) is 0.194. The van der Waals surface area contributed by atoms with E-state index in [1.807, 2.05) is 0 Å². The molecule has 36 heavy (non-hydrogen) atoms. The van der Waals surface area contributed by atoms with E-state index in [1.165, 1.54) is 26.4 Å². The van der Waals surface area contributed by atoms with Crippen molar-refractivity contribution in [3.8, 4) is 11.1 Å². The first-order valence-corrected chi connectivity index (χ1v) is 11.5. The van der Waals surface area contributed by atoms with Crippen LogP contribution in [0.15, 0.2) is 60.7 Å². The molecular weight excluding hydrogens is 470 g/mol. The van der Waals surface area contributed by atoms with Crippen molar-refractivity contribution in [1.29, 1.82) is 0 Å². The number of hydrogen-bond donors (Lipinski definition) is 0. The molecule has 6 nitrogen and oxygen atoms in total. The summed E-state index contributed by atoms with van der Waals surface area (Å²) < 4.78 is 49.2. The van der Waals surface area contributed by atoms with Gasteiger partial charge in [0.2, 0.25) is 0 Å². The van der Waals surface area contributed by atoms with E-state index in [1.54, 1.807) is 24.3 Å². The molecule has 0 radical (unpaired) electrons. The van der Waals surface area contributed by atoms with E-state index in [4.69, 9.17) is 18.9 Å². The van der Waals surface area contributed by atoms with Crippen molar-refractivity contribution < 1.29 is 37.3 Å². The van der Waals surface area contributed by atoms with Gasteiger partial charge in [-0.15, -0.1) is 0 Å². The Morgan fingerprint density at radius 1 is 0.778 bits per heavy atom. The molecule has 0 spiro atoms.